The van der Waals surface area contributed by atoms with Crippen molar-refractivity contribution in [3.8, 4) is 6.07 Å². The van der Waals surface area contributed by atoms with E-state index in [-0.39, 0.29) is 34.2 Å². The number of aromatic carboxylic acids is 1. The number of hydrogen-bond acceptors (Lipinski definition) is 10. The van der Waals surface area contributed by atoms with E-state index >= 15 is 0 Å². The first-order valence-electron chi connectivity index (χ1n) is 13.0. The lowest BCUT2D eigenvalue weighted by Gasteiger charge is -2.38. The molecule has 208 valence electrons. The summed E-state index contributed by atoms with van der Waals surface area (Å²) in [5, 5.41) is 31.0. The van der Waals surface area contributed by atoms with Crippen molar-refractivity contribution in [2.75, 3.05) is 16.0 Å². The zero-order valence-corrected chi connectivity index (χ0v) is 23.7. The van der Waals surface area contributed by atoms with Crippen LogP contribution in [-0.2, 0) is 16.0 Å². The van der Waals surface area contributed by atoms with Crippen LogP contribution in [0.1, 0.15) is 53.6 Å². The molecular weight excluding hydrogens is 560 g/mol. The third kappa shape index (κ3) is 5.59. The van der Waals surface area contributed by atoms with E-state index in [1.165, 1.54) is 23.5 Å². The smallest absolute Gasteiger partial charge is 0.337 e. The van der Waals surface area contributed by atoms with Crippen molar-refractivity contribution in [1.29, 1.82) is 5.26 Å². The molecule has 1 unspecified atom stereocenters. The molecule has 4 N–H and O–H groups in total. The molecule has 2 aliphatic rings. The molecule has 0 fully saturated rings. The van der Waals surface area contributed by atoms with E-state index in [9.17, 15) is 24.8 Å². The van der Waals surface area contributed by atoms with E-state index in [0.29, 0.717) is 34.3 Å². The number of allylic oxidation sites excluding steroid dienone is 3. The first kappa shape index (κ1) is 28.1. The molecule has 1 aromatic heterocycles. The number of nitrogens with one attached hydrogen (secondary N) is 1. The number of benzene rings is 2. The van der Waals surface area contributed by atoms with Gasteiger partial charge in [-0.05, 0) is 42.5 Å². The number of rotatable bonds is 8. The number of para-hydroxylation sites is 1. The highest BCUT2D eigenvalue weighted by molar-refractivity contribution is 8.01. The number of nitrogens with two attached hydrogens (primary N) is 1. The highest BCUT2D eigenvalue weighted by Crippen LogP contribution is 2.47. The predicted molar refractivity (Wildman–Crippen MR) is 156 cm³/mol. The number of carbonyl (C=O) groups excluding carboxylic acids is 2. The molecule has 1 amide bonds. The van der Waals surface area contributed by atoms with Crippen molar-refractivity contribution in [2.24, 2.45) is 5.73 Å². The fourth-order valence-electron chi connectivity index (χ4n) is 5.03. The van der Waals surface area contributed by atoms with Crippen molar-refractivity contribution < 1.29 is 19.5 Å². The lowest BCUT2D eigenvalue weighted by molar-refractivity contribution is -0.116. The Morgan fingerprint density at radius 1 is 1.20 bits per heavy atom. The Morgan fingerprint density at radius 3 is 2.66 bits per heavy atom. The SMILES string of the molecule is CCc1ccc(C2C(C#N)=C(N)N(c3nnc(SCC(=O)Nc4ccccc4C(=O)O)s3)C3=C2C(=O)CCC3)cc1. The number of carboxylic acids is 1. The monoisotopic (exact) mass is 586 g/mol. The zero-order valence-electron chi connectivity index (χ0n) is 22.1. The van der Waals surface area contributed by atoms with E-state index < -0.39 is 17.8 Å². The van der Waals surface area contributed by atoms with Crippen molar-refractivity contribution >= 4 is 51.6 Å². The lowest BCUT2D eigenvalue weighted by atomic mass is 9.75. The number of amides is 1. The number of hydrogen-bond donors (Lipinski definition) is 3. The number of anilines is 2. The average Bonchev–Trinajstić information content (AvgIpc) is 3.44. The van der Waals surface area contributed by atoms with Crippen LogP contribution in [0, 0.1) is 11.3 Å². The van der Waals surface area contributed by atoms with E-state index in [0.717, 1.165) is 35.0 Å². The number of nitrogens with zero attached hydrogens (tertiary/aromatic N) is 4. The summed E-state index contributed by atoms with van der Waals surface area (Å²) in [4.78, 5) is 38.9. The van der Waals surface area contributed by atoms with Gasteiger partial charge in [-0.25, -0.2) is 4.79 Å². The molecule has 0 spiro atoms. The number of aromatic nitrogens is 2. The van der Waals surface area contributed by atoms with Gasteiger partial charge >= 0.3 is 5.97 Å². The molecule has 0 saturated heterocycles. The average molecular weight is 587 g/mol. The molecule has 0 radical (unpaired) electrons. The van der Waals surface area contributed by atoms with E-state index in [1.54, 1.807) is 17.0 Å². The van der Waals surface area contributed by atoms with Crippen LogP contribution in [0.5, 0.6) is 0 Å². The standard InChI is InChI=1S/C29H26N6O4S2/c1-2-16-10-12-17(13-11-16)24-19(14-30)26(31)35(21-8-5-9-22(36)25(21)24)28-33-34-29(41-28)40-15-23(37)32-20-7-4-3-6-18(20)27(38)39/h3-4,6-7,10-13,24H,2,5,8-9,15,31H2,1H3,(H,32,37)(H,38,39). The summed E-state index contributed by atoms with van der Waals surface area (Å²) >= 11 is 2.33. The van der Waals surface area contributed by atoms with Gasteiger partial charge in [0.1, 0.15) is 5.82 Å². The quantitative estimate of drug-likeness (QED) is 0.312. The fraction of sp³-hybridized carbons (Fsp3) is 0.241. The second-order valence-electron chi connectivity index (χ2n) is 9.45. The molecule has 10 nitrogen and oxygen atoms in total. The molecule has 0 saturated carbocycles. The number of Topliss-reactive ketones (excluding diaryl/α,β-unsaturated/α-hetero) is 1. The summed E-state index contributed by atoms with van der Waals surface area (Å²) < 4.78 is 0.481. The Balaban J connectivity index is 1.40. The Bertz CT molecular complexity index is 1640. The normalized spacial score (nSPS) is 16.8. The Labute approximate surface area is 244 Å². The number of nitriles is 1. The van der Waals surface area contributed by atoms with Crippen molar-refractivity contribution in [2.45, 2.75) is 42.9 Å². The minimum absolute atomic E-state index is 0.00423. The van der Waals surface area contributed by atoms with Crippen molar-refractivity contribution in [1.82, 2.24) is 10.2 Å². The minimum atomic E-state index is -1.14. The van der Waals surface area contributed by atoms with E-state index in [4.69, 9.17) is 5.73 Å². The summed E-state index contributed by atoms with van der Waals surface area (Å²) in [5.74, 6) is -1.92. The predicted octanol–water partition coefficient (Wildman–Crippen LogP) is 4.83. The van der Waals surface area contributed by atoms with Crippen LogP contribution in [0.4, 0.5) is 10.8 Å². The van der Waals surface area contributed by atoms with Gasteiger partial charge in [-0.1, -0.05) is 66.4 Å². The van der Waals surface area contributed by atoms with Gasteiger partial charge in [-0.3, -0.25) is 14.5 Å². The fourth-order valence-corrected chi connectivity index (χ4v) is 6.71. The second-order valence-corrected chi connectivity index (χ2v) is 11.6. The summed E-state index contributed by atoms with van der Waals surface area (Å²) in [5.41, 5.74) is 10.4. The molecular formula is C29H26N6O4S2. The van der Waals surface area contributed by atoms with E-state index in [1.807, 2.05) is 24.3 Å². The minimum Gasteiger partial charge on any atom is -0.478 e. The molecule has 12 heteroatoms. The van der Waals surface area contributed by atoms with Crippen LogP contribution in [-0.4, -0.2) is 38.7 Å². The summed E-state index contributed by atoms with van der Waals surface area (Å²) in [6, 6.07) is 16.3. The Hall–Kier alpha value is -4.47. The molecule has 1 aliphatic heterocycles. The van der Waals surface area contributed by atoms with Gasteiger partial charge in [0.15, 0.2) is 10.1 Å². The van der Waals surface area contributed by atoms with Gasteiger partial charge in [-0.2, -0.15) is 5.26 Å². The van der Waals surface area contributed by atoms with Gasteiger partial charge in [0.05, 0.1) is 34.6 Å². The highest BCUT2D eigenvalue weighted by Gasteiger charge is 2.41. The first-order chi connectivity index (χ1) is 19.8. The second kappa shape index (κ2) is 12.0. The molecule has 3 aromatic rings. The summed E-state index contributed by atoms with van der Waals surface area (Å²) in [6.07, 6.45) is 2.52. The van der Waals surface area contributed by atoms with Crippen LogP contribution in [0.25, 0.3) is 0 Å². The number of carbonyl (C=O) groups is 3. The maximum atomic E-state index is 13.3. The van der Waals surface area contributed by atoms with Crippen LogP contribution in [0.15, 0.2) is 75.5 Å². The zero-order chi connectivity index (χ0) is 29.1. The largest absolute Gasteiger partial charge is 0.478 e. The molecule has 2 aromatic carbocycles. The van der Waals surface area contributed by atoms with Gasteiger partial charge in [0.25, 0.3) is 0 Å². The number of carboxylic acid groups (broad SMARTS) is 1. The number of ketones is 1. The molecule has 41 heavy (non-hydrogen) atoms. The molecule has 2 heterocycles. The van der Waals surface area contributed by atoms with Crippen LogP contribution in [0.3, 0.4) is 0 Å². The molecule has 5 rings (SSSR count). The van der Waals surface area contributed by atoms with Crippen LogP contribution < -0.4 is 16.0 Å². The third-order valence-electron chi connectivity index (χ3n) is 6.98. The molecule has 1 aliphatic carbocycles. The maximum absolute atomic E-state index is 13.3. The van der Waals surface area contributed by atoms with Gasteiger partial charge in [0, 0.05) is 17.7 Å². The van der Waals surface area contributed by atoms with E-state index in [2.05, 4.69) is 28.5 Å². The Morgan fingerprint density at radius 2 is 1.95 bits per heavy atom. The molecule has 1 atom stereocenters. The maximum Gasteiger partial charge on any atom is 0.337 e. The topological polar surface area (TPSA) is 162 Å². The third-order valence-corrected chi connectivity index (χ3v) is 9.02. The Kier molecular flexibility index (Phi) is 8.19. The van der Waals surface area contributed by atoms with Crippen molar-refractivity contribution in [3.63, 3.8) is 0 Å². The van der Waals surface area contributed by atoms with Crippen LogP contribution >= 0.6 is 23.1 Å². The lowest BCUT2D eigenvalue weighted by Crippen LogP contribution is -2.38. The summed E-state index contributed by atoms with van der Waals surface area (Å²) in [6.45, 7) is 2.07. The highest BCUT2D eigenvalue weighted by atomic mass is 32.2. The molecule has 0 bridgehead atoms. The van der Waals surface area contributed by atoms with Gasteiger partial charge < -0.3 is 16.2 Å². The number of thioether (sulfide) groups is 1. The van der Waals surface area contributed by atoms with Crippen molar-refractivity contribution in [3.05, 3.63) is 87.9 Å². The van der Waals surface area contributed by atoms with Crippen LogP contribution in [0.2, 0.25) is 0 Å². The number of aryl methyl sites for hydroxylation is 1. The van der Waals surface area contributed by atoms with Gasteiger partial charge in [0.2, 0.25) is 11.0 Å². The van der Waals surface area contributed by atoms with Gasteiger partial charge in [-0.15, -0.1) is 10.2 Å². The first-order valence-corrected chi connectivity index (χ1v) is 14.8. The summed E-state index contributed by atoms with van der Waals surface area (Å²) in [7, 11) is 0.